The first kappa shape index (κ1) is 19.3. The predicted octanol–water partition coefficient (Wildman–Crippen LogP) is 4.58. The maximum atomic E-state index is 13.9. The third-order valence-corrected chi connectivity index (χ3v) is 5.12. The van der Waals surface area contributed by atoms with Crippen molar-refractivity contribution >= 4 is 22.7 Å². The zero-order valence-corrected chi connectivity index (χ0v) is 15.3. The van der Waals surface area contributed by atoms with Crippen LogP contribution in [0.5, 0.6) is 5.75 Å². The predicted molar refractivity (Wildman–Crippen MR) is 103 cm³/mol. The van der Waals surface area contributed by atoms with Gasteiger partial charge in [0.1, 0.15) is 5.75 Å². The van der Waals surface area contributed by atoms with Gasteiger partial charge in [0.05, 0.1) is 24.7 Å². The zero-order chi connectivity index (χ0) is 20.5. The van der Waals surface area contributed by atoms with E-state index in [-0.39, 0.29) is 5.69 Å². The van der Waals surface area contributed by atoms with E-state index in [1.165, 1.54) is 12.4 Å². The topological polar surface area (TPSA) is 67.6 Å². The lowest BCUT2D eigenvalue weighted by Crippen LogP contribution is -2.48. The molecule has 0 radical (unpaired) electrons. The molecule has 1 aromatic heterocycles. The molecule has 0 amide bonds. The monoisotopic (exact) mass is 401 g/mol. The van der Waals surface area contributed by atoms with Gasteiger partial charge in [-0.1, -0.05) is 30.3 Å². The molecule has 1 N–H and O–H groups in total. The summed E-state index contributed by atoms with van der Waals surface area (Å²) in [7, 11) is 0. The summed E-state index contributed by atoms with van der Waals surface area (Å²) in [5.74, 6) is 0.0502. The first-order chi connectivity index (χ1) is 13.9. The SMILES string of the molecule is OC(C=Nc1cccc2cnncc12)(CC1CCOc2ccccc21)C(F)(F)F. The van der Waals surface area contributed by atoms with Crippen molar-refractivity contribution < 1.29 is 23.0 Å². The molecule has 2 unspecified atom stereocenters. The third-order valence-electron chi connectivity index (χ3n) is 5.12. The number of halogens is 3. The van der Waals surface area contributed by atoms with Gasteiger partial charge in [-0.2, -0.15) is 23.4 Å². The summed E-state index contributed by atoms with van der Waals surface area (Å²) in [4.78, 5) is 4.00. The fourth-order valence-corrected chi connectivity index (χ4v) is 3.54. The van der Waals surface area contributed by atoms with E-state index in [1.54, 1.807) is 42.5 Å². The van der Waals surface area contributed by atoms with Crippen molar-refractivity contribution in [2.24, 2.45) is 4.99 Å². The molecule has 4 rings (SSSR count). The second-order valence-electron chi connectivity index (χ2n) is 7.03. The minimum atomic E-state index is -4.88. The molecule has 8 heteroatoms. The summed E-state index contributed by atoms with van der Waals surface area (Å²) in [6, 6.07) is 12.0. The molecule has 29 heavy (non-hydrogen) atoms. The van der Waals surface area contributed by atoms with E-state index in [0.29, 0.717) is 41.3 Å². The zero-order valence-electron chi connectivity index (χ0n) is 15.3. The number of aliphatic imine (C=N–C) groups is 1. The smallest absolute Gasteiger partial charge is 0.422 e. The van der Waals surface area contributed by atoms with Crippen LogP contribution in [-0.4, -0.2) is 39.9 Å². The maximum absolute atomic E-state index is 13.9. The Balaban J connectivity index is 1.69. The first-order valence-corrected chi connectivity index (χ1v) is 9.13. The highest BCUT2D eigenvalue weighted by Crippen LogP contribution is 2.43. The van der Waals surface area contributed by atoms with Gasteiger partial charge < -0.3 is 9.84 Å². The number of fused-ring (bicyclic) bond motifs is 2. The third kappa shape index (κ3) is 3.80. The van der Waals surface area contributed by atoms with Crippen LogP contribution >= 0.6 is 0 Å². The van der Waals surface area contributed by atoms with E-state index in [0.717, 1.165) is 0 Å². The van der Waals surface area contributed by atoms with Gasteiger partial charge in [0.25, 0.3) is 0 Å². The highest BCUT2D eigenvalue weighted by Gasteiger charge is 2.54. The lowest BCUT2D eigenvalue weighted by Gasteiger charge is -2.33. The molecule has 0 saturated heterocycles. The summed E-state index contributed by atoms with van der Waals surface area (Å²) in [5, 5.41) is 19.4. The van der Waals surface area contributed by atoms with E-state index in [2.05, 4.69) is 15.2 Å². The van der Waals surface area contributed by atoms with Crippen LogP contribution < -0.4 is 4.74 Å². The molecule has 150 valence electrons. The number of benzene rings is 2. The Morgan fingerprint density at radius 3 is 2.72 bits per heavy atom. The Morgan fingerprint density at radius 1 is 1.10 bits per heavy atom. The summed E-state index contributed by atoms with van der Waals surface area (Å²) in [6.07, 6.45) is -1.50. The number of rotatable bonds is 4. The molecule has 1 aliphatic rings. The largest absolute Gasteiger partial charge is 0.493 e. The van der Waals surface area contributed by atoms with Gasteiger partial charge in [-0.25, -0.2) is 0 Å². The maximum Gasteiger partial charge on any atom is 0.422 e. The second kappa shape index (κ2) is 7.44. The van der Waals surface area contributed by atoms with Crippen LogP contribution in [0, 0.1) is 0 Å². The van der Waals surface area contributed by atoms with Crippen LogP contribution in [0.3, 0.4) is 0 Å². The van der Waals surface area contributed by atoms with Crippen molar-refractivity contribution in [1.82, 2.24) is 10.2 Å². The Hall–Kier alpha value is -3.00. The van der Waals surface area contributed by atoms with Gasteiger partial charge in [-0.3, -0.25) is 4.99 Å². The first-order valence-electron chi connectivity index (χ1n) is 9.13. The van der Waals surface area contributed by atoms with E-state index in [1.807, 2.05) is 0 Å². The van der Waals surface area contributed by atoms with Crippen LogP contribution in [0.2, 0.25) is 0 Å². The molecule has 0 fully saturated rings. The fourth-order valence-electron chi connectivity index (χ4n) is 3.54. The van der Waals surface area contributed by atoms with Gasteiger partial charge in [0.2, 0.25) is 0 Å². The second-order valence-corrected chi connectivity index (χ2v) is 7.03. The normalized spacial score (nSPS) is 19.0. The van der Waals surface area contributed by atoms with Gasteiger partial charge in [0, 0.05) is 17.0 Å². The van der Waals surface area contributed by atoms with Crippen LogP contribution in [0.4, 0.5) is 18.9 Å². The number of aliphatic hydroxyl groups is 1. The molecule has 2 atom stereocenters. The van der Waals surface area contributed by atoms with Gasteiger partial charge >= 0.3 is 6.18 Å². The molecular weight excluding hydrogens is 383 g/mol. The Bertz CT molecular complexity index is 1050. The summed E-state index contributed by atoms with van der Waals surface area (Å²) in [5.41, 5.74) is -2.13. The molecule has 2 aromatic carbocycles. The Kier molecular flexibility index (Phi) is 4.96. The molecule has 0 aliphatic carbocycles. The minimum absolute atomic E-state index is 0.285. The van der Waals surface area contributed by atoms with Crippen molar-refractivity contribution in [1.29, 1.82) is 0 Å². The molecule has 1 aliphatic heterocycles. The van der Waals surface area contributed by atoms with E-state index in [9.17, 15) is 18.3 Å². The number of hydrogen-bond acceptors (Lipinski definition) is 5. The summed E-state index contributed by atoms with van der Waals surface area (Å²) in [6.45, 7) is 0.300. The van der Waals surface area contributed by atoms with Crippen molar-refractivity contribution in [3.05, 3.63) is 60.4 Å². The summed E-state index contributed by atoms with van der Waals surface area (Å²) < 4.78 is 47.1. The van der Waals surface area contributed by atoms with Crippen molar-refractivity contribution in [3.63, 3.8) is 0 Å². The van der Waals surface area contributed by atoms with Gasteiger partial charge in [-0.15, -0.1) is 0 Å². The molecule has 0 saturated carbocycles. The van der Waals surface area contributed by atoms with Crippen molar-refractivity contribution in [2.45, 2.75) is 30.5 Å². The van der Waals surface area contributed by atoms with Gasteiger partial charge in [0.15, 0.2) is 5.60 Å². The highest BCUT2D eigenvalue weighted by atomic mass is 19.4. The molecule has 0 spiro atoms. The van der Waals surface area contributed by atoms with Gasteiger partial charge in [-0.05, 0) is 36.5 Å². The number of aromatic nitrogens is 2. The highest BCUT2D eigenvalue weighted by molar-refractivity contribution is 5.93. The Morgan fingerprint density at radius 2 is 1.90 bits per heavy atom. The average molecular weight is 401 g/mol. The van der Waals surface area contributed by atoms with Crippen LogP contribution in [0.25, 0.3) is 10.8 Å². The minimum Gasteiger partial charge on any atom is -0.493 e. The summed E-state index contributed by atoms with van der Waals surface area (Å²) >= 11 is 0. The average Bonchev–Trinajstić information content (AvgIpc) is 2.72. The molecule has 5 nitrogen and oxygen atoms in total. The van der Waals surface area contributed by atoms with E-state index >= 15 is 0 Å². The van der Waals surface area contributed by atoms with E-state index < -0.39 is 24.1 Å². The van der Waals surface area contributed by atoms with Crippen molar-refractivity contribution in [3.8, 4) is 5.75 Å². The van der Waals surface area contributed by atoms with E-state index in [4.69, 9.17) is 4.74 Å². The lowest BCUT2D eigenvalue weighted by molar-refractivity contribution is -0.232. The van der Waals surface area contributed by atoms with Crippen molar-refractivity contribution in [2.75, 3.05) is 6.61 Å². The molecule has 2 heterocycles. The van der Waals surface area contributed by atoms with Crippen LogP contribution in [0.1, 0.15) is 24.3 Å². The number of alkyl halides is 3. The Labute approximate surface area is 164 Å². The van der Waals surface area contributed by atoms with Crippen LogP contribution in [-0.2, 0) is 0 Å². The molecular formula is C21H18F3N3O2. The molecule has 3 aromatic rings. The molecule has 0 bridgehead atoms. The lowest BCUT2D eigenvalue weighted by atomic mass is 9.82. The number of hydrogen-bond donors (Lipinski definition) is 1. The quantitative estimate of drug-likeness (QED) is 0.650. The number of nitrogens with zero attached hydrogens (tertiary/aromatic N) is 3. The van der Waals surface area contributed by atoms with Crippen LogP contribution in [0.15, 0.2) is 59.9 Å². The fraction of sp³-hybridized carbons (Fsp3) is 0.286. The standard InChI is InChI=1S/C21H18F3N3O2/c22-21(23,24)20(28,10-14-8-9-29-19-7-2-1-5-16(14)19)13-25-18-6-3-4-15-11-26-27-12-17(15)18/h1-7,11-14,28H,8-10H2. The number of ether oxygens (including phenoxy) is 1. The number of para-hydroxylation sites is 1.